The molecule has 0 aromatic heterocycles. The number of nitrogens with zero attached hydrogens (tertiary/aromatic N) is 3. The van der Waals surface area contributed by atoms with Gasteiger partial charge in [0.05, 0.1) is 6.54 Å². The van der Waals surface area contributed by atoms with Crippen LogP contribution < -0.4 is 15.6 Å². The van der Waals surface area contributed by atoms with Crippen molar-refractivity contribution in [2.45, 2.75) is 57.0 Å². The molecule has 4 amide bonds. The van der Waals surface area contributed by atoms with Gasteiger partial charge < -0.3 is 10.2 Å². The topological polar surface area (TPSA) is 85.0 Å². The molecule has 1 spiro atoms. The summed E-state index contributed by atoms with van der Waals surface area (Å²) in [6.07, 6.45) is 6.58. The molecule has 1 aliphatic carbocycles. The summed E-state index contributed by atoms with van der Waals surface area (Å²) in [6, 6.07) is 7.75. The van der Waals surface area contributed by atoms with Gasteiger partial charge in [-0.2, -0.15) is 5.01 Å². The van der Waals surface area contributed by atoms with Crippen molar-refractivity contribution in [3.05, 3.63) is 29.8 Å². The number of urea groups is 1. The molecule has 8 nitrogen and oxygen atoms in total. The van der Waals surface area contributed by atoms with E-state index in [4.69, 9.17) is 0 Å². The Hall–Kier alpha value is -2.61. The molecular weight excluding hydrogens is 382 g/mol. The summed E-state index contributed by atoms with van der Waals surface area (Å²) in [7, 11) is 1.87. The van der Waals surface area contributed by atoms with Gasteiger partial charge in [0, 0.05) is 25.3 Å². The third kappa shape index (κ3) is 4.14. The monoisotopic (exact) mass is 413 g/mol. The van der Waals surface area contributed by atoms with Crippen LogP contribution >= 0.6 is 0 Å². The number of hydrazine groups is 1. The van der Waals surface area contributed by atoms with Crippen molar-refractivity contribution in [3.8, 4) is 0 Å². The summed E-state index contributed by atoms with van der Waals surface area (Å²) in [4.78, 5) is 42.0. The molecule has 2 heterocycles. The van der Waals surface area contributed by atoms with E-state index in [9.17, 15) is 14.4 Å². The summed E-state index contributed by atoms with van der Waals surface area (Å²) in [5, 5.41) is 3.68. The van der Waals surface area contributed by atoms with E-state index >= 15 is 0 Å². The number of anilines is 1. The van der Waals surface area contributed by atoms with Crippen molar-refractivity contribution < 1.29 is 14.4 Å². The predicted molar refractivity (Wildman–Crippen MR) is 114 cm³/mol. The van der Waals surface area contributed by atoms with Crippen LogP contribution in [0.1, 0.15) is 50.5 Å². The molecule has 30 heavy (non-hydrogen) atoms. The largest absolute Gasteiger partial charge is 0.371 e. The Morgan fingerprint density at radius 1 is 1.10 bits per heavy atom. The summed E-state index contributed by atoms with van der Waals surface area (Å²) in [6.45, 7) is 2.84. The number of para-hydroxylation sites is 1. The second kappa shape index (κ2) is 8.63. The van der Waals surface area contributed by atoms with E-state index in [1.165, 1.54) is 24.1 Å². The van der Waals surface area contributed by atoms with Gasteiger partial charge in [0.15, 0.2) is 0 Å². The zero-order chi connectivity index (χ0) is 21.1. The Kier molecular flexibility index (Phi) is 5.94. The first-order valence-electron chi connectivity index (χ1n) is 11.0. The second-order valence-electron chi connectivity index (χ2n) is 8.74. The molecule has 0 unspecified atom stereocenters. The number of rotatable bonds is 6. The Labute approximate surface area is 177 Å². The molecule has 1 aromatic rings. The number of hydrogen-bond acceptors (Lipinski definition) is 5. The van der Waals surface area contributed by atoms with Crippen molar-refractivity contribution >= 4 is 23.5 Å². The standard InChI is InChI=1S/C22H31N5O3/c1-25(15-17-9-3-4-10-18(17)26-13-7-8-14-26)16-19(28)24-27-20(29)22(23-21(27)30)11-5-2-6-12-22/h3-4,9-10H,2,5-8,11-16H2,1H3,(H,23,30)(H,24,28). The van der Waals surface area contributed by atoms with Crippen LogP contribution in [0.2, 0.25) is 0 Å². The normalized spacial score (nSPS) is 20.9. The predicted octanol–water partition coefficient (Wildman–Crippen LogP) is 2.00. The maximum absolute atomic E-state index is 12.8. The van der Waals surface area contributed by atoms with Crippen LogP contribution in [0.25, 0.3) is 0 Å². The van der Waals surface area contributed by atoms with Gasteiger partial charge in [0.2, 0.25) is 0 Å². The highest BCUT2D eigenvalue weighted by atomic mass is 16.2. The Balaban J connectivity index is 1.34. The van der Waals surface area contributed by atoms with Crippen LogP contribution in [-0.2, 0) is 16.1 Å². The van der Waals surface area contributed by atoms with E-state index in [-0.39, 0.29) is 18.4 Å². The molecule has 1 saturated carbocycles. The van der Waals surface area contributed by atoms with E-state index in [0.717, 1.165) is 37.4 Å². The molecule has 1 aromatic carbocycles. The molecule has 8 heteroatoms. The number of amides is 4. The quantitative estimate of drug-likeness (QED) is 0.697. The molecule has 0 bridgehead atoms. The van der Waals surface area contributed by atoms with Gasteiger partial charge in [0.25, 0.3) is 11.8 Å². The lowest BCUT2D eigenvalue weighted by molar-refractivity contribution is -0.140. The first kappa shape index (κ1) is 20.7. The molecule has 3 aliphatic rings. The molecule has 3 fully saturated rings. The molecule has 0 radical (unpaired) electrons. The minimum Gasteiger partial charge on any atom is -0.371 e. The van der Waals surface area contributed by atoms with Crippen molar-refractivity contribution in [2.24, 2.45) is 0 Å². The maximum atomic E-state index is 12.8. The van der Waals surface area contributed by atoms with E-state index < -0.39 is 11.6 Å². The van der Waals surface area contributed by atoms with Crippen LogP contribution in [0, 0.1) is 0 Å². The lowest BCUT2D eigenvalue weighted by Gasteiger charge is -2.30. The highest BCUT2D eigenvalue weighted by molar-refractivity contribution is 6.08. The number of benzene rings is 1. The van der Waals surface area contributed by atoms with Gasteiger partial charge in [-0.3, -0.25) is 19.9 Å². The average molecular weight is 414 g/mol. The SMILES string of the molecule is CN(CC(=O)NN1C(=O)NC2(CCCCC2)C1=O)Cc1ccccc1N1CCCC1. The number of likely N-dealkylation sites (N-methyl/N-ethyl adjacent to an activating group) is 1. The van der Waals surface area contributed by atoms with E-state index in [0.29, 0.717) is 19.4 Å². The molecule has 2 aliphatic heterocycles. The third-order valence-electron chi connectivity index (χ3n) is 6.40. The van der Waals surface area contributed by atoms with Crippen molar-refractivity contribution in [1.82, 2.24) is 20.7 Å². The molecule has 2 saturated heterocycles. The van der Waals surface area contributed by atoms with Gasteiger partial charge in [-0.05, 0) is 44.4 Å². The number of imide groups is 1. The van der Waals surface area contributed by atoms with E-state index in [1.54, 1.807) is 0 Å². The molecule has 4 rings (SSSR count). The Bertz CT molecular complexity index is 815. The van der Waals surface area contributed by atoms with Crippen LogP contribution in [0.4, 0.5) is 10.5 Å². The van der Waals surface area contributed by atoms with Crippen LogP contribution in [0.5, 0.6) is 0 Å². The number of carbonyl (C=O) groups excluding carboxylic acids is 3. The van der Waals surface area contributed by atoms with Crippen molar-refractivity contribution in [1.29, 1.82) is 0 Å². The molecule has 0 atom stereocenters. The maximum Gasteiger partial charge on any atom is 0.344 e. The summed E-state index contributed by atoms with van der Waals surface area (Å²) in [5.41, 5.74) is 4.08. The number of hydrogen-bond donors (Lipinski definition) is 2. The highest BCUT2D eigenvalue weighted by Gasteiger charge is 2.52. The summed E-state index contributed by atoms with van der Waals surface area (Å²) < 4.78 is 0. The van der Waals surface area contributed by atoms with Gasteiger partial charge >= 0.3 is 6.03 Å². The molecule has 162 valence electrons. The Morgan fingerprint density at radius 3 is 2.53 bits per heavy atom. The van der Waals surface area contributed by atoms with Crippen LogP contribution in [0.15, 0.2) is 24.3 Å². The number of carbonyl (C=O) groups is 3. The molecule has 2 N–H and O–H groups in total. The first-order valence-corrected chi connectivity index (χ1v) is 11.0. The zero-order valence-corrected chi connectivity index (χ0v) is 17.7. The van der Waals surface area contributed by atoms with Crippen LogP contribution in [0.3, 0.4) is 0 Å². The van der Waals surface area contributed by atoms with E-state index in [1.807, 2.05) is 24.1 Å². The lowest BCUT2D eigenvalue weighted by atomic mass is 9.82. The fraction of sp³-hybridized carbons (Fsp3) is 0.591. The van der Waals surface area contributed by atoms with Gasteiger partial charge in [0.1, 0.15) is 5.54 Å². The summed E-state index contributed by atoms with van der Waals surface area (Å²) in [5.74, 6) is -0.699. The van der Waals surface area contributed by atoms with Gasteiger partial charge in [-0.15, -0.1) is 0 Å². The second-order valence-corrected chi connectivity index (χ2v) is 8.74. The highest BCUT2D eigenvalue weighted by Crippen LogP contribution is 2.33. The smallest absolute Gasteiger partial charge is 0.344 e. The van der Waals surface area contributed by atoms with Gasteiger partial charge in [-0.25, -0.2) is 4.79 Å². The van der Waals surface area contributed by atoms with Crippen molar-refractivity contribution in [3.63, 3.8) is 0 Å². The minimum absolute atomic E-state index is 0.0956. The van der Waals surface area contributed by atoms with Crippen molar-refractivity contribution in [2.75, 3.05) is 31.6 Å². The first-order chi connectivity index (χ1) is 14.5. The summed E-state index contributed by atoms with van der Waals surface area (Å²) >= 11 is 0. The van der Waals surface area contributed by atoms with Crippen LogP contribution in [-0.4, -0.2) is 60.0 Å². The average Bonchev–Trinajstić information content (AvgIpc) is 3.33. The fourth-order valence-corrected chi connectivity index (χ4v) is 4.88. The minimum atomic E-state index is -0.830. The molecular formula is C22H31N5O3. The third-order valence-corrected chi connectivity index (χ3v) is 6.40. The number of nitrogens with one attached hydrogen (secondary N) is 2. The van der Waals surface area contributed by atoms with E-state index in [2.05, 4.69) is 27.8 Å². The van der Waals surface area contributed by atoms with Gasteiger partial charge in [-0.1, -0.05) is 37.5 Å². The Morgan fingerprint density at radius 2 is 1.80 bits per heavy atom. The lowest BCUT2D eigenvalue weighted by Crippen LogP contribution is -2.52. The zero-order valence-electron chi connectivity index (χ0n) is 17.7. The fourth-order valence-electron chi connectivity index (χ4n) is 4.88.